The Hall–Kier alpha value is -2.93. The molecule has 1 aromatic rings. The Labute approximate surface area is 211 Å². The molecule has 35 heavy (non-hydrogen) atoms. The van der Waals surface area contributed by atoms with Gasteiger partial charge in [0.15, 0.2) is 0 Å². The Bertz CT molecular complexity index is 937. The molecule has 7 heteroatoms. The lowest BCUT2D eigenvalue weighted by Gasteiger charge is -2.38. The van der Waals surface area contributed by atoms with Crippen LogP contribution in [0.15, 0.2) is 59.3 Å². The minimum absolute atomic E-state index is 0. The second-order valence-corrected chi connectivity index (χ2v) is 10.0. The van der Waals surface area contributed by atoms with Gasteiger partial charge in [-0.3, -0.25) is 9.59 Å². The van der Waals surface area contributed by atoms with E-state index in [1.54, 1.807) is 6.08 Å². The van der Waals surface area contributed by atoms with Crippen LogP contribution in [0.4, 0.5) is 0 Å². The molecular weight excluding hydrogens is 440 g/mol. The van der Waals surface area contributed by atoms with Gasteiger partial charge in [-0.05, 0) is 62.9 Å². The van der Waals surface area contributed by atoms with Gasteiger partial charge < -0.3 is 20.3 Å². The van der Waals surface area contributed by atoms with Crippen LogP contribution in [0.25, 0.3) is 0 Å². The van der Waals surface area contributed by atoms with E-state index in [0.717, 1.165) is 63.0 Å². The number of hydrogen-bond acceptors (Lipinski definition) is 5. The molecular formula is C28H42N4O3. The summed E-state index contributed by atoms with van der Waals surface area (Å²) in [6, 6.07) is 10.2. The lowest BCUT2D eigenvalue weighted by Crippen LogP contribution is -2.45. The molecule has 0 saturated carbocycles. The zero-order valence-corrected chi connectivity index (χ0v) is 21.3. The predicted octanol–water partition coefficient (Wildman–Crippen LogP) is 4.41. The molecule has 0 bridgehead atoms. The normalized spacial score (nSPS) is 19.9. The number of carbonyl (C=O) groups is 2. The number of allylic oxidation sites excluding steroid dienone is 2. The second kappa shape index (κ2) is 12.7. The Morgan fingerprint density at radius 3 is 2.51 bits per heavy atom. The van der Waals surface area contributed by atoms with Gasteiger partial charge in [-0.2, -0.15) is 0 Å². The first-order valence-electron chi connectivity index (χ1n) is 12.7. The van der Waals surface area contributed by atoms with Crippen molar-refractivity contribution in [3.05, 3.63) is 59.7 Å². The molecule has 2 N–H and O–H groups in total. The third-order valence-corrected chi connectivity index (χ3v) is 7.30. The number of oxime groups is 1. The largest absolute Gasteiger partial charge is 0.411 e. The number of rotatable bonds is 10. The molecule has 0 aromatic heterocycles. The molecule has 192 valence electrons. The van der Waals surface area contributed by atoms with Crippen LogP contribution in [0.3, 0.4) is 0 Å². The van der Waals surface area contributed by atoms with Gasteiger partial charge in [0, 0.05) is 27.0 Å². The van der Waals surface area contributed by atoms with Gasteiger partial charge in [0.2, 0.25) is 11.8 Å². The third kappa shape index (κ3) is 7.04. The molecule has 0 radical (unpaired) electrons. The summed E-state index contributed by atoms with van der Waals surface area (Å²) >= 11 is 0. The van der Waals surface area contributed by atoms with Gasteiger partial charge in [-0.1, -0.05) is 61.5 Å². The van der Waals surface area contributed by atoms with Crippen molar-refractivity contribution in [2.24, 2.45) is 16.5 Å². The van der Waals surface area contributed by atoms with Crippen molar-refractivity contribution in [2.75, 3.05) is 32.7 Å². The quantitative estimate of drug-likeness (QED) is 0.224. The average molecular weight is 483 g/mol. The van der Waals surface area contributed by atoms with Crippen LogP contribution in [0.2, 0.25) is 0 Å². The zero-order chi connectivity index (χ0) is 25.3. The highest BCUT2D eigenvalue weighted by atomic mass is 16.4. The summed E-state index contributed by atoms with van der Waals surface area (Å²) in [5.41, 5.74) is 1.82. The van der Waals surface area contributed by atoms with Crippen molar-refractivity contribution >= 4 is 18.0 Å². The number of nitrogens with one attached hydrogen (secondary N) is 1. The molecule has 2 saturated heterocycles. The lowest BCUT2D eigenvalue weighted by atomic mass is 9.77. The molecule has 7 nitrogen and oxygen atoms in total. The maximum Gasteiger partial charge on any atom is 0.229 e. The summed E-state index contributed by atoms with van der Waals surface area (Å²) in [6.45, 7) is 9.75. The molecule has 2 fully saturated rings. The maximum atomic E-state index is 13.4. The van der Waals surface area contributed by atoms with Crippen molar-refractivity contribution in [2.45, 2.75) is 52.5 Å². The molecule has 2 heterocycles. The number of hydrogen-bond donors (Lipinski definition) is 2. The molecule has 2 amide bonds. The van der Waals surface area contributed by atoms with Gasteiger partial charge >= 0.3 is 0 Å². The highest BCUT2D eigenvalue weighted by molar-refractivity contribution is 5.85. The highest BCUT2D eigenvalue weighted by Crippen LogP contribution is 2.42. The van der Waals surface area contributed by atoms with Crippen LogP contribution in [0, 0.1) is 11.3 Å². The zero-order valence-electron chi connectivity index (χ0n) is 21.3. The number of amides is 2. The van der Waals surface area contributed by atoms with E-state index in [2.05, 4.69) is 27.5 Å². The van der Waals surface area contributed by atoms with Crippen molar-refractivity contribution in [3.8, 4) is 0 Å². The summed E-state index contributed by atoms with van der Waals surface area (Å²) in [5, 5.41) is 15.0. The summed E-state index contributed by atoms with van der Waals surface area (Å²) in [6.07, 6.45) is 10.4. The summed E-state index contributed by atoms with van der Waals surface area (Å²) in [5.74, 6) is 0.274. The van der Waals surface area contributed by atoms with Crippen LogP contribution in [0.1, 0.15) is 59.5 Å². The van der Waals surface area contributed by atoms with E-state index in [9.17, 15) is 9.59 Å². The van der Waals surface area contributed by atoms with Gasteiger partial charge in [0.05, 0.1) is 17.7 Å². The van der Waals surface area contributed by atoms with Gasteiger partial charge in [-0.15, -0.1) is 0 Å². The van der Waals surface area contributed by atoms with E-state index in [4.69, 9.17) is 5.21 Å². The van der Waals surface area contributed by atoms with Gasteiger partial charge in [-0.25, -0.2) is 0 Å². The number of likely N-dealkylation sites (tertiary alicyclic amines) is 2. The minimum Gasteiger partial charge on any atom is -0.411 e. The van der Waals surface area contributed by atoms with Crippen LogP contribution in [0.5, 0.6) is 0 Å². The molecule has 2 aliphatic rings. The van der Waals surface area contributed by atoms with E-state index in [0.29, 0.717) is 6.54 Å². The molecule has 1 atom stereocenters. The highest BCUT2D eigenvalue weighted by Gasteiger charge is 2.47. The van der Waals surface area contributed by atoms with Crippen LogP contribution >= 0.6 is 0 Å². The fourth-order valence-electron chi connectivity index (χ4n) is 5.09. The molecule has 0 unspecified atom stereocenters. The number of carbonyl (C=O) groups excluding carboxylic acids is 2. The first-order chi connectivity index (χ1) is 16.9. The molecule has 1 spiro atoms. The standard InChI is InChI=1S/C28H40N4O3.H2/c1-4-8-23(11-16-29-35)21-32-20-15-28(27(32)34)13-18-31(19-14-28)17-12-25(30-26(33)22(2)3)24-9-6-5-7-10-24;/h4-11,16,22,25,35H,12-15,17-21H2,1-3H3,(H,30,33);1H/b8-4-,23-11+,29-16+;/t25-;/m0./s1. The van der Waals surface area contributed by atoms with Gasteiger partial charge in [0.25, 0.3) is 0 Å². The first kappa shape index (κ1) is 26.7. The average Bonchev–Trinajstić information content (AvgIpc) is 3.16. The minimum atomic E-state index is -0.257. The number of nitrogens with zero attached hydrogens (tertiary/aromatic N) is 3. The van der Waals surface area contributed by atoms with E-state index in [1.807, 2.05) is 56.0 Å². The van der Waals surface area contributed by atoms with Crippen molar-refractivity contribution in [1.29, 1.82) is 0 Å². The fraction of sp³-hybridized carbons (Fsp3) is 0.536. The monoisotopic (exact) mass is 482 g/mol. The Morgan fingerprint density at radius 1 is 1.20 bits per heavy atom. The predicted molar refractivity (Wildman–Crippen MR) is 141 cm³/mol. The van der Waals surface area contributed by atoms with Crippen LogP contribution < -0.4 is 5.32 Å². The molecule has 1 aromatic carbocycles. The van der Waals surface area contributed by atoms with Gasteiger partial charge in [0.1, 0.15) is 0 Å². The SMILES string of the molecule is C\C=C/C(=C\C=N\O)CN1CCC2(CCN(CC[C@H](NC(=O)C(C)C)c3ccccc3)CC2)C1=O.[HH]. The molecule has 2 aliphatic heterocycles. The number of piperidine rings is 1. The van der Waals surface area contributed by atoms with Crippen molar-refractivity contribution in [3.63, 3.8) is 0 Å². The lowest BCUT2D eigenvalue weighted by molar-refractivity contribution is -0.138. The summed E-state index contributed by atoms with van der Waals surface area (Å²) in [4.78, 5) is 30.1. The Balaban J connectivity index is 0.00000456. The molecule has 3 rings (SSSR count). The molecule has 0 aliphatic carbocycles. The van der Waals surface area contributed by atoms with E-state index in [1.165, 1.54) is 6.21 Å². The van der Waals surface area contributed by atoms with Crippen molar-refractivity contribution < 1.29 is 16.2 Å². The fourth-order valence-corrected chi connectivity index (χ4v) is 5.09. The van der Waals surface area contributed by atoms with Crippen molar-refractivity contribution in [1.82, 2.24) is 15.1 Å². The van der Waals surface area contributed by atoms with E-state index >= 15 is 0 Å². The van der Waals surface area contributed by atoms with E-state index in [-0.39, 0.29) is 30.6 Å². The first-order valence-corrected chi connectivity index (χ1v) is 12.7. The number of benzene rings is 1. The summed E-state index contributed by atoms with van der Waals surface area (Å²) in [7, 11) is 0. The smallest absolute Gasteiger partial charge is 0.229 e. The van der Waals surface area contributed by atoms with Crippen LogP contribution in [-0.2, 0) is 9.59 Å². The Kier molecular flexibility index (Phi) is 9.66. The summed E-state index contributed by atoms with van der Waals surface area (Å²) < 4.78 is 0. The Morgan fingerprint density at radius 2 is 1.89 bits per heavy atom. The van der Waals surface area contributed by atoms with Crippen LogP contribution in [-0.4, -0.2) is 65.8 Å². The maximum absolute atomic E-state index is 13.4. The van der Waals surface area contributed by atoms with E-state index < -0.39 is 0 Å². The topological polar surface area (TPSA) is 85.2 Å². The third-order valence-electron chi connectivity index (χ3n) is 7.30. The second-order valence-electron chi connectivity index (χ2n) is 10.0.